The van der Waals surface area contributed by atoms with Crippen molar-refractivity contribution in [2.45, 2.75) is 33.2 Å². The summed E-state index contributed by atoms with van der Waals surface area (Å²) >= 11 is 5.84. The molecule has 0 saturated carbocycles. The molecule has 3 heteroatoms. The number of nitrogens with one attached hydrogen (secondary N) is 1. The lowest BCUT2D eigenvalue weighted by atomic mass is 10.0. The Kier molecular flexibility index (Phi) is 4.28. The molecule has 0 aromatic heterocycles. The highest BCUT2D eigenvalue weighted by Gasteiger charge is 2.11. The van der Waals surface area contributed by atoms with Gasteiger partial charge in [-0.05, 0) is 30.5 Å². The van der Waals surface area contributed by atoms with E-state index in [9.17, 15) is 0 Å². The Balaban J connectivity index is 2.79. The minimum absolute atomic E-state index is 0.452. The van der Waals surface area contributed by atoms with Crippen LogP contribution in [0, 0.1) is 5.92 Å². The average molecular weight is 227 g/mol. The van der Waals surface area contributed by atoms with Crippen LogP contribution in [0.25, 0.3) is 0 Å². The van der Waals surface area contributed by atoms with E-state index in [0.717, 1.165) is 12.1 Å². The smallest absolute Gasteiger partial charge is 0.0577 e. The Morgan fingerprint density at radius 2 is 2.07 bits per heavy atom. The molecule has 1 atom stereocenters. The second-order valence-corrected chi connectivity index (χ2v) is 4.57. The summed E-state index contributed by atoms with van der Waals surface area (Å²) in [5.74, 6) is 0.588. The van der Waals surface area contributed by atoms with Crippen molar-refractivity contribution < 1.29 is 0 Å². The van der Waals surface area contributed by atoms with Crippen LogP contribution in [0.4, 0.5) is 11.4 Å². The molecule has 0 bridgehead atoms. The molecule has 0 aliphatic rings. The predicted octanol–water partition coefficient (Wildman–Crippen LogP) is 3.77. The van der Waals surface area contributed by atoms with E-state index in [1.165, 1.54) is 0 Å². The van der Waals surface area contributed by atoms with Crippen molar-refractivity contribution in [3.8, 4) is 0 Å². The van der Waals surface area contributed by atoms with Crippen LogP contribution in [-0.4, -0.2) is 6.04 Å². The van der Waals surface area contributed by atoms with Gasteiger partial charge in [-0.3, -0.25) is 0 Å². The maximum Gasteiger partial charge on any atom is 0.0577 e. The second kappa shape index (κ2) is 5.26. The normalized spacial score (nSPS) is 12.9. The second-order valence-electron chi connectivity index (χ2n) is 4.13. The summed E-state index contributed by atoms with van der Waals surface area (Å²) in [6.45, 7) is 6.57. The first kappa shape index (κ1) is 12.2. The number of benzene rings is 1. The van der Waals surface area contributed by atoms with Crippen LogP contribution in [-0.2, 0) is 0 Å². The minimum atomic E-state index is 0.452. The molecule has 0 spiro atoms. The van der Waals surface area contributed by atoms with Gasteiger partial charge in [0.1, 0.15) is 0 Å². The van der Waals surface area contributed by atoms with Crippen molar-refractivity contribution in [1.29, 1.82) is 0 Å². The largest absolute Gasteiger partial charge is 0.397 e. The van der Waals surface area contributed by atoms with Crippen LogP contribution < -0.4 is 11.1 Å². The number of hydrogen-bond acceptors (Lipinski definition) is 2. The summed E-state index contributed by atoms with van der Waals surface area (Å²) in [4.78, 5) is 0. The molecule has 0 aliphatic carbocycles. The third-order valence-corrected chi connectivity index (χ3v) is 2.83. The first-order valence-corrected chi connectivity index (χ1v) is 5.74. The molecule has 0 aliphatic heterocycles. The van der Waals surface area contributed by atoms with Gasteiger partial charge in [-0.25, -0.2) is 0 Å². The van der Waals surface area contributed by atoms with E-state index in [2.05, 4.69) is 26.1 Å². The maximum atomic E-state index is 5.88. The fraction of sp³-hybridized carbons (Fsp3) is 0.500. The number of hydrogen-bond donors (Lipinski definition) is 2. The molecule has 0 fully saturated rings. The summed E-state index contributed by atoms with van der Waals surface area (Å²) in [5.41, 5.74) is 7.56. The molecule has 1 aromatic rings. The summed E-state index contributed by atoms with van der Waals surface area (Å²) in [7, 11) is 0. The molecule has 15 heavy (non-hydrogen) atoms. The molecule has 0 heterocycles. The zero-order valence-corrected chi connectivity index (χ0v) is 10.3. The van der Waals surface area contributed by atoms with E-state index in [-0.39, 0.29) is 0 Å². The number of nitrogen functional groups attached to an aromatic ring is 1. The standard InChI is InChI=1S/C12H19ClN2/c1-4-11(8(2)3)15-12-6-5-9(13)7-10(12)14/h5-8,11,15H,4,14H2,1-3H3. The van der Waals surface area contributed by atoms with E-state index in [0.29, 0.717) is 22.7 Å². The van der Waals surface area contributed by atoms with Gasteiger partial charge in [0.05, 0.1) is 11.4 Å². The quantitative estimate of drug-likeness (QED) is 0.768. The van der Waals surface area contributed by atoms with E-state index in [4.69, 9.17) is 17.3 Å². The van der Waals surface area contributed by atoms with Crippen molar-refractivity contribution >= 4 is 23.0 Å². The molecule has 2 nitrogen and oxygen atoms in total. The molecule has 84 valence electrons. The van der Waals surface area contributed by atoms with Gasteiger partial charge >= 0.3 is 0 Å². The SMILES string of the molecule is CCC(Nc1ccc(Cl)cc1N)C(C)C. The summed E-state index contributed by atoms with van der Waals surface area (Å²) < 4.78 is 0. The molecule has 3 N–H and O–H groups in total. The third-order valence-electron chi connectivity index (χ3n) is 2.60. The third kappa shape index (κ3) is 3.31. The van der Waals surface area contributed by atoms with Crippen LogP contribution in [0.5, 0.6) is 0 Å². The molecule has 1 rings (SSSR count). The number of rotatable bonds is 4. The van der Waals surface area contributed by atoms with Crippen molar-refractivity contribution in [1.82, 2.24) is 0 Å². The topological polar surface area (TPSA) is 38.0 Å². The van der Waals surface area contributed by atoms with Crippen molar-refractivity contribution in [3.63, 3.8) is 0 Å². The van der Waals surface area contributed by atoms with Gasteiger partial charge in [-0.1, -0.05) is 32.4 Å². The average Bonchev–Trinajstić information content (AvgIpc) is 2.16. The molecule has 0 amide bonds. The lowest BCUT2D eigenvalue weighted by Gasteiger charge is -2.22. The Hall–Kier alpha value is -0.890. The van der Waals surface area contributed by atoms with Crippen LogP contribution in [0.1, 0.15) is 27.2 Å². The fourth-order valence-corrected chi connectivity index (χ4v) is 1.79. The lowest BCUT2D eigenvalue weighted by molar-refractivity contribution is 0.511. The molecular formula is C12H19ClN2. The van der Waals surface area contributed by atoms with Crippen LogP contribution in [0.2, 0.25) is 5.02 Å². The Morgan fingerprint density at radius 1 is 1.40 bits per heavy atom. The van der Waals surface area contributed by atoms with E-state index < -0.39 is 0 Å². The monoisotopic (exact) mass is 226 g/mol. The van der Waals surface area contributed by atoms with Gasteiger partial charge < -0.3 is 11.1 Å². The van der Waals surface area contributed by atoms with Gasteiger partial charge in [-0.15, -0.1) is 0 Å². The number of anilines is 2. The summed E-state index contributed by atoms with van der Waals surface area (Å²) in [6.07, 6.45) is 1.08. The first-order chi connectivity index (χ1) is 7.04. The molecule has 1 aromatic carbocycles. The van der Waals surface area contributed by atoms with Gasteiger partial charge in [-0.2, -0.15) is 0 Å². The number of halogens is 1. The summed E-state index contributed by atoms with van der Waals surface area (Å²) in [5, 5.41) is 4.12. The molecular weight excluding hydrogens is 208 g/mol. The Labute approximate surface area is 96.8 Å². The summed E-state index contributed by atoms with van der Waals surface area (Å²) in [6, 6.07) is 6.01. The van der Waals surface area contributed by atoms with Crippen LogP contribution in [0.3, 0.4) is 0 Å². The fourth-order valence-electron chi connectivity index (χ4n) is 1.60. The van der Waals surface area contributed by atoms with Gasteiger partial charge in [0.25, 0.3) is 0 Å². The molecule has 0 saturated heterocycles. The van der Waals surface area contributed by atoms with E-state index in [1.807, 2.05) is 12.1 Å². The predicted molar refractivity (Wildman–Crippen MR) is 68.4 cm³/mol. The van der Waals surface area contributed by atoms with Gasteiger partial charge in [0.2, 0.25) is 0 Å². The highest BCUT2D eigenvalue weighted by Crippen LogP contribution is 2.25. The van der Waals surface area contributed by atoms with Crippen molar-refractivity contribution in [2.75, 3.05) is 11.1 Å². The first-order valence-electron chi connectivity index (χ1n) is 5.36. The van der Waals surface area contributed by atoms with Crippen molar-refractivity contribution in [3.05, 3.63) is 23.2 Å². The zero-order chi connectivity index (χ0) is 11.4. The van der Waals surface area contributed by atoms with Gasteiger partial charge in [0, 0.05) is 11.1 Å². The highest BCUT2D eigenvalue weighted by molar-refractivity contribution is 6.31. The van der Waals surface area contributed by atoms with Crippen LogP contribution >= 0.6 is 11.6 Å². The van der Waals surface area contributed by atoms with Crippen molar-refractivity contribution in [2.24, 2.45) is 5.92 Å². The number of nitrogens with two attached hydrogens (primary N) is 1. The van der Waals surface area contributed by atoms with Gasteiger partial charge in [0.15, 0.2) is 0 Å². The maximum absolute atomic E-state index is 5.88. The molecule has 0 radical (unpaired) electrons. The van der Waals surface area contributed by atoms with E-state index in [1.54, 1.807) is 6.07 Å². The Morgan fingerprint density at radius 3 is 2.53 bits per heavy atom. The lowest BCUT2D eigenvalue weighted by Crippen LogP contribution is -2.25. The Bertz CT molecular complexity index is 323. The minimum Gasteiger partial charge on any atom is -0.397 e. The van der Waals surface area contributed by atoms with E-state index >= 15 is 0 Å². The molecule has 1 unspecified atom stereocenters. The zero-order valence-electron chi connectivity index (χ0n) is 9.55. The van der Waals surface area contributed by atoms with Crippen LogP contribution in [0.15, 0.2) is 18.2 Å². The highest BCUT2D eigenvalue weighted by atomic mass is 35.5.